The first kappa shape index (κ1) is 14.2. The van der Waals surface area contributed by atoms with E-state index in [0.29, 0.717) is 13.1 Å². The summed E-state index contributed by atoms with van der Waals surface area (Å²) in [5, 5.41) is 2.95. The average molecular weight is 265 g/mol. The highest BCUT2D eigenvalue weighted by molar-refractivity contribution is 8.00. The van der Waals surface area contributed by atoms with Gasteiger partial charge in [-0.2, -0.15) is 13.2 Å². The molecule has 0 saturated carbocycles. The molecule has 1 aromatic rings. The van der Waals surface area contributed by atoms with Crippen LogP contribution in [0, 0.1) is 0 Å². The molecule has 17 heavy (non-hydrogen) atoms. The van der Waals surface area contributed by atoms with Gasteiger partial charge in [-0.05, 0) is 17.8 Å². The molecule has 0 atom stereocenters. The van der Waals surface area contributed by atoms with Crippen LogP contribution in [-0.4, -0.2) is 24.9 Å². The van der Waals surface area contributed by atoms with Crippen LogP contribution >= 0.6 is 11.8 Å². The molecule has 0 radical (unpaired) electrons. The van der Waals surface area contributed by atoms with Crippen molar-refractivity contribution in [3.8, 4) is 5.75 Å². The molecular weight excluding hydrogens is 251 g/mol. The van der Waals surface area contributed by atoms with Crippen molar-refractivity contribution in [1.29, 1.82) is 0 Å². The monoisotopic (exact) mass is 265 g/mol. The van der Waals surface area contributed by atoms with Crippen LogP contribution < -0.4 is 10.1 Å². The maximum atomic E-state index is 11.8. The number of methoxy groups -OCH3 is 1. The summed E-state index contributed by atoms with van der Waals surface area (Å²) >= 11 is -0.0151. The Morgan fingerprint density at radius 3 is 2.65 bits per heavy atom. The number of benzene rings is 1. The van der Waals surface area contributed by atoms with Gasteiger partial charge in [0.25, 0.3) is 0 Å². The molecule has 0 bridgehead atoms. The number of hydrogen-bond donors (Lipinski definition) is 1. The van der Waals surface area contributed by atoms with Crippen LogP contribution in [0.1, 0.15) is 5.56 Å². The number of para-hydroxylation sites is 1. The third kappa shape index (κ3) is 5.83. The largest absolute Gasteiger partial charge is 0.496 e. The van der Waals surface area contributed by atoms with E-state index in [9.17, 15) is 13.2 Å². The molecule has 0 unspecified atom stereocenters. The first-order valence-electron chi connectivity index (χ1n) is 5.06. The van der Waals surface area contributed by atoms with Crippen molar-refractivity contribution in [2.75, 3.05) is 19.4 Å². The average Bonchev–Trinajstić information content (AvgIpc) is 2.27. The number of thioether (sulfide) groups is 1. The predicted molar refractivity (Wildman–Crippen MR) is 63.2 cm³/mol. The highest BCUT2D eigenvalue weighted by atomic mass is 32.2. The second-order valence-electron chi connectivity index (χ2n) is 3.28. The first-order valence-corrected chi connectivity index (χ1v) is 6.05. The molecule has 0 fully saturated rings. The minimum atomic E-state index is -4.15. The summed E-state index contributed by atoms with van der Waals surface area (Å²) in [6, 6.07) is 7.41. The number of halogens is 3. The van der Waals surface area contributed by atoms with Crippen LogP contribution in [0.4, 0.5) is 13.2 Å². The zero-order valence-electron chi connectivity index (χ0n) is 9.38. The normalized spacial score (nSPS) is 11.5. The number of alkyl halides is 3. The maximum absolute atomic E-state index is 11.8. The molecule has 96 valence electrons. The summed E-state index contributed by atoms with van der Waals surface area (Å²) in [5.41, 5.74) is -3.21. The summed E-state index contributed by atoms with van der Waals surface area (Å²) in [6.45, 7) is 0.810. The Hall–Kier alpha value is -0.880. The second kappa shape index (κ2) is 6.76. The Morgan fingerprint density at radius 2 is 2.00 bits per heavy atom. The van der Waals surface area contributed by atoms with Gasteiger partial charge in [-0.25, -0.2) is 0 Å². The topological polar surface area (TPSA) is 21.3 Å². The van der Waals surface area contributed by atoms with Gasteiger partial charge in [-0.3, -0.25) is 0 Å². The predicted octanol–water partition coefficient (Wildman–Crippen LogP) is 3.04. The molecule has 0 aliphatic rings. The fourth-order valence-corrected chi connectivity index (χ4v) is 1.79. The van der Waals surface area contributed by atoms with Crippen molar-refractivity contribution in [3.63, 3.8) is 0 Å². The zero-order chi connectivity index (χ0) is 12.7. The maximum Gasteiger partial charge on any atom is 0.441 e. The SMILES string of the molecule is COc1ccccc1CNCCSC(F)(F)F. The molecule has 0 saturated heterocycles. The van der Waals surface area contributed by atoms with Gasteiger partial charge in [-0.15, -0.1) is 0 Å². The van der Waals surface area contributed by atoms with Gasteiger partial charge in [0.05, 0.1) is 7.11 Å². The van der Waals surface area contributed by atoms with Crippen molar-refractivity contribution in [1.82, 2.24) is 5.32 Å². The lowest BCUT2D eigenvalue weighted by molar-refractivity contribution is -0.0327. The molecule has 1 N–H and O–H groups in total. The third-order valence-electron chi connectivity index (χ3n) is 2.05. The highest BCUT2D eigenvalue weighted by Crippen LogP contribution is 2.29. The third-order valence-corrected chi connectivity index (χ3v) is 2.79. The van der Waals surface area contributed by atoms with E-state index in [0.717, 1.165) is 11.3 Å². The molecular formula is C11H14F3NOS. The van der Waals surface area contributed by atoms with Gasteiger partial charge in [0.2, 0.25) is 0 Å². The van der Waals surface area contributed by atoms with E-state index in [-0.39, 0.29) is 17.5 Å². The number of nitrogens with one attached hydrogen (secondary N) is 1. The smallest absolute Gasteiger partial charge is 0.441 e. The molecule has 0 amide bonds. The van der Waals surface area contributed by atoms with E-state index in [1.165, 1.54) is 0 Å². The number of hydrogen-bond acceptors (Lipinski definition) is 3. The summed E-state index contributed by atoms with van der Waals surface area (Å²) in [4.78, 5) is 0. The van der Waals surface area contributed by atoms with E-state index in [1.54, 1.807) is 7.11 Å². The van der Waals surface area contributed by atoms with Gasteiger partial charge in [0.1, 0.15) is 5.75 Å². The number of ether oxygens (including phenoxy) is 1. The Morgan fingerprint density at radius 1 is 1.29 bits per heavy atom. The van der Waals surface area contributed by atoms with Crippen LogP contribution in [-0.2, 0) is 6.54 Å². The van der Waals surface area contributed by atoms with E-state index in [2.05, 4.69) is 5.32 Å². The molecule has 6 heteroatoms. The molecule has 0 aliphatic carbocycles. The van der Waals surface area contributed by atoms with Crippen molar-refractivity contribution >= 4 is 11.8 Å². The van der Waals surface area contributed by atoms with Crippen molar-refractivity contribution in [2.24, 2.45) is 0 Å². The van der Waals surface area contributed by atoms with E-state index >= 15 is 0 Å². The van der Waals surface area contributed by atoms with Crippen LogP contribution in [0.2, 0.25) is 0 Å². The fraction of sp³-hybridized carbons (Fsp3) is 0.455. The Kier molecular flexibility index (Phi) is 5.64. The quantitative estimate of drug-likeness (QED) is 0.799. The summed E-state index contributed by atoms with van der Waals surface area (Å²) in [7, 11) is 1.57. The van der Waals surface area contributed by atoms with E-state index < -0.39 is 5.51 Å². The molecule has 1 aromatic carbocycles. The lowest BCUT2D eigenvalue weighted by atomic mass is 10.2. The highest BCUT2D eigenvalue weighted by Gasteiger charge is 2.27. The van der Waals surface area contributed by atoms with Gasteiger partial charge < -0.3 is 10.1 Å². The van der Waals surface area contributed by atoms with Crippen LogP contribution in [0.15, 0.2) is 24.3 Å². The summed E-state index contributed by atoms with van der Waals surface area (Å²) < 4.78 is 40.7. The van der Waals surface area contributed by atoms with Crippen molar-refractivity contribution in [2.45, 2.75) is 12.1 Å². The van der Waals surface area contributed by atoms with E-state index in [4.69, 9.17) is 4.74 Å². The number of rotatable bonds is 6. The molecule has 2 nitrogen and oxygen atoms in total. The second-order valence-corrected chi connectivity index (χ2v) is 4.44. The Labute approximate surface area is 103 Å². The molecule has 0 aromatic heterocycles. The molecule has 0 spiro atoms. The van der Waals surface area contributed by atoms with Crippen molar-refractivity contribution in [3.05, 3.63) is 29.8 Å². The molecule has 0 aliphatic heterocycles. The standard InChI is InChI=1S/C11H14F3NOS/c1-16-10-5-3-2-4-9(10)8-15-6-7-17-11(12,13)14/h2-5,15H,6-8H2,1H3. The lowest BCUT2D eigenvalue weighted by Crippen LogP contribution is -2.18. The van der Waals surface area contributed by atoms with Crippen LogP contribution in [0.5, 0.6) is 5.75 Å². The van der Waals surface area contributed by atoms with Crippen LogP contribution in [0.3, 0.4) is 0 Å². The molecule has 0 heterocycles. The first-order chi connectivity index (χ1) is 8.03. The minimum Gasteiger partial charge on any atom is -0.496 e. The van der Waals surface area contributed by atoms with Crippen molar-refractivity contribution < 1.29 is 17.9 Å². The Balaban J connectivity index is 2.27. The molecule has 1 rings (SSSR count). The van der Waals surface area contributed by atoms with Gasteiger partial charge in [0.15, 0.2) is 0 Å². The fourth-order valence-electron chi connectivity index (χ4n) is 1.31. The van der Waals surface area contributed by atoms with Gasteiger partial charge in [0, 0.05) is 24.4 Å². The Bertz CT molecular complexity index is 344. The summed E-state index contributed by atoms with van der Waals surface area (Å²) in [5.74, 6) is 0.752. The minimum absolute atomic E-state index is 0.0125. The van der Waals surface area contributed by atoms with Crippen LogP contribution in [0.25, 0.3) is 0 Å². The lowest BCUT2D eigenvalue weighted by Gasteiger charge is -2.09. The zero-order valence-corrected chi connectivity index (χ0v) is 10.2. The van der Waals surface area contributed by atoms with E-state index in [1.807, 2.05) is 24.3 Å². The summed E-state index contributed by atoms with van der Waals surface area (Å²) in [6.07, 6.45) is 0. The van der Waals surface area contributed by atoms with Gasteiger partial charge in [-0.1, -0.05) is 18.2 Å². The van der Waals surface area contributed by atoms with Gasteiger partial charge >= 0.3 is 5.51 Å².